The summed E-state index contributed by atoms with van der Waals surface area (Å²) in [4.78, 5) is 27.3. The minimum Gasteiger partial charge on any atom is -0.493 e. The Bertz CT molecular complexity index is 1430. The highest BCUT2D eigenvalue weighted by atomic mass is 19.4. The smallest absolute Gasteiger partial charge is 0.433 e. The average Bonchev–Trinajstić information content (AvgIpc) is 3.26. The van der Waals surface area contributed by atoms with Gasteiger partial charge in [0.25, 0.3) is 11.6 Å². The summed E-state index contributed by atoms with van der Waals surface area (Å²) in [5.41, 5.74) is -1.46. The van der Waals surface area contributed by atoms with Crippen LogP contribution in [-0.4, -0.2) is 39.6 Å². The van der Waals surface area contributed by atoms with Crippen molar-refractivity contribution < 1.29 is 32.4 Å². The molecule has 0 bridgehead atoms. The van der Waals surface area contributed by atoms with E-state index in [2.05, 4.69) is 15.4 Å². The molecule has 1 amide bonds. The number of carbonyl (C=O) groups excluding carboxylic acids is 1. The first-order valence-corrected chi connectivity index (χ1v) is 9.86. The largest absolute Gasteiger partial charge is 0.493 e. The van der Waals surface area contributed by atoms with E-state index in [4.69, 9.17) is 9.47 Å². The van der Waals surface area contributed by atoms with Gasteiger partial charge in [0.2, 0.25) is 0 Å². The highest BCUT2D eigenvalue weighted by Crippen LogP contribution is 2.36. The normalized spacial score (nSPS) is 11.3. The zero-order chi connectivity index (χ0) is 25.3. The number of methoxy groups -OCH3 is 2. The second-order valence-electron chi connectivity index (χ2n) is 7.15. The summed E-state index contributed by atoms with van der Waals surface area (Å²) in [6.45, 7) is 0. The number of non-ortho nitro benzene ring substituents is 1. The first-order valence-electron chi connectivity index (χ1n) is 9.86. The third-order valence-electron chi connectivity index (χ3n) is 5.02. The molecular formula is C22H16F3N5O5. The SMILES string of the molecule is COc1ccc(-c2cc(C(F)(F)F)n3ncc(C(=O)Nc4ccc([N+](=O)[O-])cc4)c3n2)cc1OC. The third kappa shape index (κ3) is 4.55. The van der Waals surface area contributed by atoms with E-state index in [1.165, 1.54) is 56.7 Å². The summed E-state index contributed by atoms with van der Waals surface area (Å²) < 4.78 is 52.5. The van der Waals surface area contributed by atoms with Crippen molar-refractivity contribution in [1.29, 1.82) is 0 Å². The summed E-state index contributed by atoms with van der Waals surface area (Å²) in [6, 6.07) is 10.3. The zero-order valence-corrected chi connectivity index (χ0v) is 18.2. The number of nitrogens with zero attached hydrogens (tertiary/aromatic N) is 4. The van der Waals surface area contributed by atoms with E-state index in [9.17, 15) is 28.1 Å². The molecule has 0 fully saturated rings. The molecule has 0 atom stereocenters. The molecule has 0 saturated heterocycles. The van der Waals surface area contributed by atoms with Gasteiger partial charge in [-0.3, -0.25) is 14.9 Å². The van der Waals surface area contributed by atoms with E-state index in [1.54, 1.807) is 0 Å². The number of hydrogen-bond acceptors (Lipinski definition) is 7. The van der Waals surface area contributed by atoms with Crippen molar-refractivity contribution in [3.8, 4) is 22.8 Å². The van der Waals surface area contributed by atoms with E-state index in [0.29, 0.717) is 15.8 Å². The van der Waals surface area contributed by atoms with E-state index in [1.807, 2.05) is 0 Å². The Morgan fingerprint density at radius 2 is 1.74 bits per heavy atom. The zero-order valence-electron chi connectivity index (χ0n) is 18.2. The van der Waals surface area contributed by atoms with E-state index in [0.717, 1.165) is 12.3 Å². The summed E-state index contributed by atoms with van der Waals surface area (Å²) >= 11 is 0. The second kappa shape index (κ2) is 8.93. The van der Waals surface area contributed by atoms with Crippen molar-refractivity contribution in [2.75, 3.05) is 19.5 Å². The standard InChI is InChI=1S/C22H16F3N5O5/c1-34-17-8-3-12(9-18(17)35-2)16-10-19(22(23,24)25)29-20(28-16)15(11-26-29)21(31)27-13-4-6-14(7-5-13)30(32)33/h3-11H,1-2H3,(H,27,31). The maximum Gasteiger partial charge on any atom is 0.433 e. The number of halogens is 3. The lowest BCUT2D eigenvalue weighted by atomic mass is 10.1. The maximum atomic E-state index is 13.8. The molecule has 2 aromatic carbocycles. The van der Waals surface area contributed by atoms with Gasteiger partial charge in [0.1, 0.15) is 5.56 Å². The van der Waals surface area contributed by atoms with Crippen LogP contribution >= 0.6 is 0 Å². The minimum absolute atomic E-state index is 0.0735. The van der Waals surface area contributed by atoms with Crippen LogP contribution in [0.4, 0.5) is 24.5 Å². The summed E-state index contributed by atoms with van der Waals surface area (Å²) in [6.07, 6.45) is -3.83. The quantitative estimate of drug-likeness (QED) is 0.312. The number of fused-ring (bicyclic) bond motifs is 1. The summed E-state index contributed by atoms with van der Waals surface area (Å²) in [5, 5.41) is 17.0. The molecule has 0 radical (unpaired) electrons. The Morgan fingerprint density at radius 3 is 2.34 bits per heavy atom. The van der Waals surface area contributed by atoms with Crippen molar-refractivity contribution in [3.63, 3.8) is 0 Å². The fourth-order valence-electron chi connectivity index (χ4n) is 3.33. The molecule has 2 aromatic heterocycles. The van der Waals surface area contributed by atoms with Crippen LogP contribution in [0.5, 0.6) is 11.5 Å². The molecule has 0 spiro atoms. The van der Waals surface area contributed by atoms with Crippen molar-refractivity contribution in [1.82, 2.24) is 14.6 Å². The fraction of sp³-hybridized carbons (Fsp3) is 0.136. The van der Waals surface area contributed by atoms with Gasteiger partial charge in [-0.2, -0.15) is 18.3 Å². The van der Waals surface area contributed by atoms with E-state index < -0.39 is 22.7 Å². The number of rotatable bonds is 6. The number of alkyl halides is 3. The highest BCUT2D eigenvalue weighted by Gasteiger charge is 2.36. The number of nitro groups is 1. The van der Waals surface area contributed by atoms with Crippen LogP contribution in [0.25, 0.3) is 16.9 Å². The molecular weight excluding hydrogens is 471 g/mol. The van der Waals surface area contributed by atoms with Gasteiger partial charge < -0.3 is 14.8 Å². The summed E-state index contributed by atoms with van der Waals surface area (Å²) in [7, 11) is 2.81. The Hall–Kier alpha value is -4.68. The number of carbonyl (C=O) groups is 1. The number of hydrogen-bond donors (Lipinski definition) is 1. The molecule has 10 nitrogen and oxygen atoms in total. The lowest BCUT2D eigenvalue weighted by Crippen LogP contribution is -2.15. The predicted octanol–water partition coefficient (Wildman–Crippen LogP) is 4.59. The molecule has 1 N–H and O–H groups in total. The van der Waals surface area contributed by atoms with Gasteiger partial charge in [-0.05, 0) is 36.4 Å². The fourth-order valence-corrected chi connectivity index (χ4v) is 3.33. The molecule has 2 heterocycles. The number of ether oxygens (including phenoxy) is 2. The lowest BCUT2D eigenvalue weighted by molar-refractivity contribution is -0.384. The van der Waals surface area contributed by atoms with Crippen molar-refractivity contribution in [2.24, 2.45) is 0 Å². The van der Waals surface area contributed by atoms with Crippen LogP contribution in [0.15, 0.2) is 54.7 Å². The van der Waals surface area contributed by atoms with Gasteiger partial charge in [0.05, 0.1) is 31.0 Å². The average molecular weight is 487 g/mol. The van der Waals surface area contributed by atoms with Crippen LogP contribution < -0.4 is 14.8 Å². The second-order valence-corrected chi connectivity index (χ2v) is 7.15. The molecule has 0 unspecified atom stereocenters. The first-order chi connectivity index (χ1) is 16.6. The van der Waals surface area contributed by atoms with Crippen molar-refractivity contribution in [2.45, 2.75) is 6.18 Å². The molecule has 0 aliphatic carbocycles. The molecule has 0 saturated carbocycles. The number of benzene rings is 2. The molecule has 0 aliphatic rings. The van der Waals surface area contributed by atoms with Crippen LogP contribution in [0.2, 0.25) is 0 Å². The van der Waals surface area contributed by atoms with Gasteiger partial charge in [-0.1, -0.05) is 0 Å². The minimum atomic E-state index is -4.80. The monoisotopic (exact) mass is 487 g/mol. The Labute approximate surface area is 195 Å². The number of nitro benzene ring substituents is 1. The molecule has 180 valence electrons. The van der Waals surface area contributed by atoms with Crippen molar-refractivity contribution >= 4 is 22.9 Å². The highest BCUT2D eigenvalue weighted by molar-refractivity contribution is 6.08. The Kier molecular flexibility index (Phi) is 5.99. The first kappa shape index (κ1) is 23.5. The number of aromatic nitrogens is 3. The predicted molar refractivity (Wildman–Crippen MR) is 118 cm³/mol. The van der Waals surface area contributed by atoms with E-state index in [-0.39, 0.29) is 34.0 Å². The van der Waals surface area contributed by atoms with Gasteiger partial charge >= 0.3 is 6.18 Å². The molecule has 35 heavy (non-hydrogen) atoms. The Balaban J connectivity index is 1.80. The van der Waals surface area contributed by atoms with Crippen LogP contribution in [0, 0.1) is 10.1 Å². The van der Waals surface area contributed by atoms with Crippen molar-refractivity contribution in [3.05, 3.63) is 76.1 Å². The molecule has 0 aliphatic heterocycles. The number of amides is 1. The molecule has 13 heteroatoms. The molecule has 4 aromatic rings. The maximum absolute atomic E-state index is 13.8. The number of nitrogens with one attached hydrogen (secondary N) is 1. The van der Waals surface area contributed by atoms with E-state index >= 15 is 0 Å². The van der Waals surface area contributed by atoms with Gasteiger partial charge in [0.15, 0.2) is 22.8 Å². The van der Waals surface area contributed by atoms with Gasteiger partial charge in [0, 0.05) is 23.4 Å². The van der Waals surface area contributed by atoms with Crippen LogP contribution in [0.1, 0.15) is 16.1 Å². The van der Waals surface area contributed by atoms with Gasteiger partial charge in [-0.25, -0.2) is 9.50 Å². The van der Waals surface area contributed by atoms with Crippen LogP contribution in [-0.2, 0) is 6.18 Å². The summed E-state index contributed by atoms with van der Waals surface area (Å²) in [5.74, 6) is -0.135. The Morgan fingerprint density at radius 1 is 1.06 bits per heavy atom. The van der Waals surface area contributed by atoms with Gasteiger partial charge in [-0.15, -0.1) is 0 Å². The van der Waals surface area contributed by atoms with Crippen LogP contribution in [0.3, 0.4) is 0 Å². The lowest BCUT2D eigenvalue weighted by Gasteiger charge is -2.13. The third-order valence-corrected chi connectivity index (χ3v) is 5.02. The molecule has 4 rings (SSSR count). The number of anilines is 1. The topological polar surface area (TPSA) is 121 Å².